The summed E-state index contributed by atoms with van der Waals surface area (Å²) in [6, 6.07) is 4.69. The molecule has 1 aliphatic rings. The summed E-state index contributed by atoms with van der Waals surface area (Å²) in [5.74, 6) is 0.606. The average Bonchev–Trinajstić information content (AvgIpc) is 3.22. The van der Waals surface area contributed by atoms with Crippen LogP contribution >= 0.6 is 11.3 Å². The molecule has 0 amide bonds. The molecule has 1 aromatic carbocycles. The number of nitrogens with zero attached hydrogens (tertiary/aromatic N) is 4. The number of aryl methyl sites for hydroxylation is 1. The minimum atomic E-state index is -4.39. The number of hydrogen-bond acceptors (Lipinski definition) is 6. The Kier molecular flexibility index (Phi) is 5.02. The molecule has 3 heterocycles. The summed E-state index contributed by atoms with van der Waals surface area (Å²) in [4.78, 5) is 7.67. The molecule has 2 aromatic heterocycles. The first-order valence-electron chi connectivity index (χ1n) is 8.94. The van der Waals surface area contributed by atoms with Crippen LogP contribution in [0, 0.1) is 0 Å². The third-order valence-electron chi connectivity index (χ3n) is 4.77. The molecule has 0 saturated carbocycles. The molecule has 1 saturated heterocycles. The van der Waals surface area contributed by atoms with Gasteiger partial charge in [-0.25, -0.2) is 4.98 Å². The van der Waals surface area contributed by atoms with Crippen molar-refractivity contribution in [3.8, 4) is 5.88 Å². The van der Waals surface area contributed by atoms with Crippen LogP contribution in [0.5, 0.6) is 5.88 Å². The Morgan fingerprint density at radius 3 is 2.46 bits per heavy atom. The fraction of sp³-hybridized carbons (Fsp3) is 0.444. The lowest BCUT2D eigenvalue weighted by atomic mass is 10.0. The van der Waals surface area contributed by atoms with E-state index in [2.05, 4.69) is 15.0 Å². The van der Waals surface area contributed by atoms with Crippen LogP contribution in [0.25, 0.3) is 4.96 Å². The van der Waals surface area contributed by atoms with Gasteiger partial charge in [0.15, 0.2) is 5.82 Å². The molecular formula is C18H19F3N4O2S. The van der Waals surface area contributed by atoms with Crippen LogP contribution in [0.4, 0.5) is 13.2 Å². The zero-order chi connectivity index (χ0) is 19.9. The maximum atomic E-state index is 12.9. The van der Waals surface area contributed by atoms with E-state index in [1.165, 1.54) is 28.0 Å². The van der Waals surface area contributed by atoms with Crippen molar-refractivity contribution in [2.45, 2.75) is 25.6 Å². The average molecular weight is 412 g/mol. The van der Waals surface area contributed by atoms with Gasteiger partial charge in [0, 0.05) is 19.5 Å². The van der Waals surface area contributed by atoms with Crippen LogP contribution in [0.1, 0.15) is 34.8 Å². The number of halogens is 3. The number of alkyl halides is 3. The second kappa shape index (κ2) is 7.34. The molecule has 6 nitrogen and oxygen atoms in total. The number of thiazole rings is 1. The topological polar surface area (TPSA) is 62.9 Å². The number of rotatable bonds is 4. The summed E-state index contributed by atoms with van der Waals surface area (Å²) in [5, 5.41) is 15.1. The normalized spacial score (nSPS) is 17.3. The number of fused-ring (bicyclic) bond motifs is 1. The van der Waals surface area contributed by atoms with Crippen LogP contribution < -0.4 is 0 Å². The Balaban J connectivity index is 1.78. The third kappa shape index (κ3) is 3.47. The summed E-state index contributed by atoms with van der Waals surface area (Å²) in [7, 11) is 0. The smallest absolute Gasteiger partial charge is 0.416 e. The van der Waals surface area contributed by atoms with Crippen molar-refractivity contribution in [3.05, 3.63) is 46.1 Å². The van der Waals surface area contributed by atoms with Gasteiger partial charge in [-0.05, 0) is 17.7 Å². The van der Waals surface area contributed by atoms with Gasteiger partial charge >= 0.3 is 6.18 Å². The highest BCUT2D eigenvalue weighted by Gasteiger charge is 2.33. The van der Waals surface area contributed by atoms with Crippen molar-refractivity contribution in [2.24, 2.45) is 0 Å². The van der Waals surface area contributed by atoms with Gasteiger partial charge < -0.3 is 9.84 Å². The predicted molar refractivity (Wildman–Crippen MR) is 97.6 cm³/mol. The van der Waals surface area contributed by atoms with Gasteiger partial charge in [0.25, 0.3) is 0 Å². The van der Waals surface area contributed by atoms with Crippen molar-refractivity contribution in [2.75, 3.05) is 26.3 Å². The monoisotopic (exact) mass is 412 g/mol. The Labute approximate surface area is 163 Å². The van der Waals surface area contributed by atoms with Gasteiger partial charge in [-0.3, -0.25) is 4.90 Å². The van der Waals surface area contributed by atoms with E-state index in [1.807, 2.05) is 6.92 Å². The number of ether oxygens (including phenoxy) is 1. The van der Waals surface area contributed by atoms with Gasteiger partial charge in [-0.1, -0.05) is 30.4 Å². The van der Waals surface area contributed by atoms with Crippen LogP contribution in [0.2, 0.25) is 0 Å². The summed E-state index contributed by atoms with van der Waals surface area (Å²) in [6.45, 7) is 4.20. The van der Waals surface area contributed by atoms with E-state index in [-0.39, 0.29) is 5.88 Å². The van der Waals surface area contributed by atoms with Crippen molar-refractivity contribution < 1.29 is 23.0 Å². The molecular weight excluding hydrogens is 393 g/mol. The van der Waals surface area contributed by atoms with Crippen LogP contribution in [-0.4, -0.2) is 50.9 Å². The minimum Gasteiger partial charge on any atom is -0.492 e. The molecule has 150 valence electrons. The van der Waals surface area contributed by atoms with Crippen molar-refractivity contribution >= 4 is 16.3 Å². The van der Waals surface area contributed by atoms with E-state index in [0.717, 1.165) is 12.1 Å². The summed E-state index contributed by atoms with van der Waals surface area (Å²) in [5.41, 5.74) is -0.0261. The summed E-state index contributed by atoms with van der Waals surface area (Å²) < 4.78 is 45.7. The SMILES string of the molecule is CCc1nc2sc([C@H](c3ccc(C(F)(F)F)cc3)N3CCOCC3)c(O)n2n1. The fourth-order valence-corrected chi connectivity index (χ4v) is 4.47. The summed E-state index contributed by atoms with van der Waals surface area (Å²) in [6.07, 6.45) is -3.74. The predicted octanol–water partition coefficient (Wildman–Crippen LogP) is 3.50. The van der Waals surface area contributed by atoms with Crippen LogP contribution in [0.15, 0.2) is 24.3 Å². The maximum Gasteiger partial charge on any atom is 0.416 e. The molecule has 0 bridgehead atoms. The molecule has 0 radical (unpaired) electrons. The molecule has 1 N–H and O–H groups in total. The first kappa shape index (κ1) is 19.2. The molecule has 1 atom stereocenters. The van der Waals surface area contributed by atoms with E-state index in [0.29, 0.717) is 53.9 Å². The molecule has 0 unspecified atom stereocenters. The second-order valence-electron chi connectivity index (χ2n) is 6.54. The fourth-order valence-electron chi connectivity index (χ4n) is 3.34. The van der Waals surface area contributed by atoms with Gasteiger partial charge in [0.05, 0.1) is 29.7 Å². The zero-order valence-electron chi connectivity index (χ0n) is 15.1. The number of hydrogen-bond donors (Lipinski definition) is 1. The molecule has 4 rings (SSSR count). The Morgan fingerprint density at radius 1 is 1.21 bits per heavy atom. The first-order valence-corrected chi connectivity index (χ1v) is 9.76. The van der Waals surface area contributed by atoms with E-state index in [4.69, 9.17) is 4.74 Å². The lowest BCUT2D eigenvalue weighted by molar-refractivity contribution is -0.137. The summed E-state index contributed by atoms with van der Waals surface area (Å²) >= 11 is 1.30. The molecule has 0 spiro atoms. The van der Waals surface area contributed by atoms with E-state index < -0.39 is 17.8 Å². The number of aromatic hydroxyl groups is 1. The van der Waals surface area contributed by atoms with E-state index >= 15 is 0 Å². The zero-order valence-corrected chi connectivity index (χ0v) is 15.9. The highest BCUT2D eigenvalue weighted by atomic mass is 32.1. The van der Waals surface area contributed by atoms with Gasteiger partial charge in [-0.15, -0.1) is 5.10 Å². The molecule has 1 aliphatic heterocycles. The van der Waals surface area contributed by atoms with E-state index in [1.54, 1.807) is 0 Å². The van der Waals surface area contributed by atoms with Crippen molar-refractivity contribution in [1.29, 1.82) is 0 Å². The van der Waals surface area contributed by atoms with Crippen LogP contribution in [-0.2, 0) is 17.3 Å². The number of benzene rings is 1. The van der Waals surface area contributed by atoms with Crippen LogP contribution in [0.3, 0.4) is 0 Å². The Bertz CT molecular complexity index is 962. The highest BCUT2D eigenvalue weighted by Crippen LogP contribution is 2.41. The standard InChI is InChI=1S/C18H19F3N4O2S/c1-2-13-22-17-25(23-13)16(26)15(28-17)14(24-7-9-27-10-8-24)11-3-5-12(6-4-11)18(19,20)21/h3-6,14,26H,2,7-10H2,1H3/t14-/m0/s1. The maximum absolute atomic E-state index is 12.9. The first-order chi connectivity index (χ1) is 13.4. The van der Waals surface area contributed by atoms with Gasteiger partial charge in [0.2, 0.25) is 10.8 Å². The second-order valence-corrected chi connectivity index (χ2v) is 7.55. The minimum absolute atomic E-state index is 0.0245. The lowest BCUT2D eigenvalue weighted by Crippen LogP contribution is -2.39. The number of morpholine rings is 1. The molecule has 3 aromatic rings. The van der Waals surface area contributed by atoms with Crippen molar-refractivity contribution in [1.82, 2.24) is 19.5 Å². The third-order valence-corrected chi connectivity index (χ3v) is 5.85. The lowest BCUT2D eigenvalue weighted by Gasteiger charge is -2.34. The molecule has 1 fully saturated rings. The highest BCUT2D eigenvalue weighted by molar-refractivity contribution is 7.17. The van der Waals surface area contributed by atoms with Gasteiger partial charge in [-0.2, -0.15) is 17.7 Å². The molecule has 10 heteroatoms. The molecule has 28 heavy (non-hydrogen) atoms. The quantitative estimate of drug-likeness (QED) is 0.711. The number of aromatic nitrogens is 3. The van der Waals surface area contributed by atoms with E-state index in [9.17, 15) is 18.3 Å². The largest absolute Gasteiger partial charge is 0.492 e. The van der Waals surface area contributed by atoms with Crippen molar-refractivity contribution in [3.63, 3.8) is 0 Å². The van der Waals surface area contributed by atoms with Gasteiger partial charge in [0.1, 0.15) is 0 Å². The molecule has 0 aliphatic carbocycles. The Morgan fingerprint density at radius 2 is 1.89 bits per heavy atom. The Hall–Kier alpha value is -2.17.